The average molecular weight is 335 g/mol. The summed E-state index contributed by atoms with van der Waals surface area (Å²) in [5, 5.41) is 12.1. The van der Waals surface area contributed by atoms with Crippen molar-refractivity contribution in [3.8, 4) is 11.5 Å². The Hall–Kier alpha value is -2.24. The molecule has 1 aliphatic carbocycles. The Bertz CT molecular complexity index is 581. The summed E-state index contributed by atoms with van der Waals surface area (Å²) in [6, 6.07) is 4.61. The van der Waals surface area contributed by atoms with E-state index in [0.29, 0.717) is 17.1 Å². The Morgan fingerprint density at radius 2 is 1.83 bits per heavy atom. The molecular weight excluding hydrogens is 310 g/mol. The molecule has 1 aliphatic rings. The minimum absolute atomic E-state index is 0.0183. The average Bonchev–Trinajstić information content (AvgIpc) is 2.60. The van der Waals surface area contributed by atoms with Gasteiger partial charge in [-0.3, -0.25) is 9.59 Å². The van der Waals surface area contributed by atoms with Crippen LogP contribution in [0.15, 0.2) is 18.2 Å². The molecule has 0 heterocycles. The number of carboxylic acids is 1. The van der Waals surface area contributed by atoms with Gasteiger partial charge in [0.05, 0.1) is 26.7 Å². The van der Waals surface area contributed by atoms with Crippen molar-refractivity contribution in [2.75, 3.05) is 14.2 Å². The third-order valence-electron chi connectivity index (χ3n) is 4.48. The van der Waals surface area contributed by atoms with E-state index in [1.807, 2.05) is 0 Å². The molecule has 0 radical (unpaired) electrons. The third kappa shape index (κ3) is 4.63. The minimum atomic E-state index is -0.960. The molecule has 1 fully saturated rings. The van der Waals surface area contributed by atoms with Crippen molar-refractivity contribution in [3.05, 3.63) is 23.8 Å². The number of carbonyl (C=O) groups excluding carboxylic acids is 1. The second-order valence-electron chi connectivity index (χ2n) is 6.11. The van der Waals surface area contributed by atoms with Gasteiger partial charge < -0.3 is 19.9 Å². The summed E-state index contributed by atoms with van der Waals surface area (Å²) in [5.74, 6) is 0.0379. The third-order valence-corrected chi connectivity index (χ3v) is 4.48. The van der Waals surface area contributed by atoms with Crippen molar-refractivity contribution >= 4 is 11.9 Å². The molecule has 0 aliphatic heterocycles. The summed E-state index contributed by atoms with van der Waals surface area (Å²) < 4.78 is 10.5. The first-order valence-corrected chi connectivity index (χ1v) is 8.29. The van der Waals surface area contributed by atoms with Gasteiger partial charge >= 0.3 is 5.97 Å². The summed E-state index contributed by atoms with van der Waals surface area (Å²) in [5.41, 5.74) is 0.694. The van der Waals surface area contributed by atoms with Crippen LogP contribution in [-0.2, 0) is 9.59 Å². The Morgan fingerprint density at radius 3 is 2.42 bits per heavy atom. The number of hydrogen-bond donors (Lipinski definition) is 2. The summed E-state index contributed by atoms with van der Waals surface area (Å²) in [6.45, 7) is 0. The maximum Gasteiger partial charge on any atom is 0.305 e. The normalized spacial score (nSPS) is 16.2. The highest BCUT2D eigenvalue weighted by Gasteiger charge is 2.25. The molecule has 6 heteroatoms. The molecule has 0 bridgehead atoms. The highest BCUT2D eigenvalue weighted by Crippen LogP contribution is 2.31. The first-order valence-electron chi connectivity index (χ1n) is 8.29. The quantitative estimate of drug-likeness (QED) is 0.800. The fraction of sp³-hybridized carbons (Fsp3) is 0.556. The molecular formula is C18H25NO5. The van der Waals surface area contributed by atoms with Gasteiger partial charge in [-0.15, -0.1) is 0 Å². The number of aliphatic carboxylic acids is 1. The van der Waals surface area contributed by atoms with Crippen molar-refractivity contribution in [1.29, 1.82) is 0 Å². The van der Waals surface area contributed by atoms with E-state index < -0.39 is 12.0 Å². The van der Waals surface area contributed by atoms with Gasteiger partial charge in [-0.25, -0.2) is 0 Å². The van der Waals surface area contributed by atoms with Gasteiger partial charge in [0, 0.05) is 5.92 Å². The van der Waals surface area contributed by atoms with Crippen LogP contribution in [0.25, 0.3) is 0 Å². The van der Waals surface area contributed by atoms with Crippen LogP contribution in [0.3, 0.4) is 0 Å². The molecule has 0 saturated heterocycles. The highest BCUT2D eigenvalue weighted by atomic mass is 16.5. The second-order valence-corrected chi connectivity index (χ2v) is 6.11. The van der Waals surface area contributed by atoms with E-state index in [-0.39, 0.29) is 18.2 Å². The molecule has 0 aromatic heterocycles. The number of rotatable bonds is 7. The number of nitrogens with one attached hydrogen (secondary N) is 1. The molecule has 6 nitrogen and oxygen atoms in total. The van der Waals surface area contributed by atoms with E-state index in [1.165, 1.54) is 14.2 Å². The zero-order valence-electron chi connectivity index (χ0n) is 14.2. The van der Waals surface area contributed by atoms with E-state index in [9.17, 15) is 14.7 Å². The van der Waals surface area contributed by atoms with Gasteiger partial charge in [0.1, 0.15) is 0 Å². The summed E-state index contributed by atoms with van der Waals surface area (Å²) in [6.07, 6.45) is 4.84. The van der Waals surface area contributed by atoms with Crippen molar-refractivity contribution in [3.63, 3.8) is 0 Å². The number of benzene rings is 1. The molecule has 24 heavy (non-hydrogen) atoms. The Kier molecular flexibility index (Phi) is 6.46. The van der Waals surface area contributed by atoms with Crippen LogP contribution < -0.4 is 14.8 Å². The van der Waals surface area contributed by atoms with Crippen molar-refractivity contribution < 1.29 is 24.2 Å². The first-order chi connectivity index (χ1) is 11.5. The van der Waals surface area contributed by atoms with Crippen molar-refractivity contribution in [1.82, 2.24) is 5.32 Å². The maximum atomic E-state index is 12.5. The molecule has 2 rings (SSSR count). The van der Waals surface area contributed by atoms with E-state index in [2.05, 4.69) is 5.32 Å². The standard InChI is InChI=1S/C18H25NO5/c1-23-15-9-8-13(10-16(15)24-2)14(11-17(20)21)19-18(22)12-6-4-3-5-7-12/h8-10,12,14H,3-7,11H2,1-2H3,(H,19,22)(H,20,21). The molecule has 1 atom stereocenters. The van der Waals surface area contributed by atoms with E-state index >= 15 is 0 Å². The lowest BCUT2D eigenvalue weighted by molar-refractivity contribution is -0.138. The lowest BCUT2D eigenvalue weighted by Crippen LogP contribution is -2.35. The lowest BCUT2D eigenvalue weighted by atomic mass is 9.88. The number of carboxylic acid groups (broad SMARTS) is 1. The minimum Gasteiger partial charge on any atom is -0.493 e. The van der Waals surface area contributed by atoms with Crippen LogP contribution in [0.2, 0.25) is 0 Å². The van der Waals surface area contributed by atoms with Crippen LogP contribution in [0.1, 0.15) is 50.1 Å². The van der Waals surface area contributed by atoms with Crippen LogP contribution >= 0.6 is 0 Å². The van der Waals surface area contributed by atoms with E-state index in [1.54, 1.807) is 18.2 Å². The first kappa shape index (κ1) is 18.1. The van der Waals surface area contributed by atoms with Crippen molar-refractivity contribution in [2.24, 2.45) is 5.92 Å². The predicted molar refractivity (Wildman–Crippen MR) is 89.3 cm³/mol. The van der Waals surface area contributed by atoms with Crippen LogP contribution in [0.4, 0.5) is 0 Å². The molecule has 1 aromatic carbocycles. The predicted octanol–water partition coefficient (Wildman–Crippen LogP) is 2.92. The molecule has 1 unspecified atom stereocenters. The highest BCUT2D eigenvalue weighted by molar-refractivity contribution is 5.80. The fourth-order valence-electron chi connectivity index (χ4n) is 3.15. The van der Waals surface area contributed by atoms with Crippen LogP contribution in [0.5, 0.6) is 11.5 Å². The van der Waals surface area contributed by atoms with Gasteiger partial charge in [0.15, 0.2) is 11.5 Å². The zero-order valence-corrected chi connectivity index (χ0v) is 14.2. The number of hydrogen-bond acceptors (Lipinski definition) is 4. The van der Waals surface area contributed by atoms with Gasteiger partial charge in [-0.1, -0.05) is 25.3 Å². The fourth-order valence-corrected chi connectivity index (χ4v) is 3.15. The largest absolute Gasteiger partial charge is 0.493 e. The van der Waals surface area contributed by atoms with E-state index in [4.69, 9.17) is 9.47 Å². The van der Waals surface area contributed by atoms with Gasteiger partial charge in [-0.2, -0.15) is 0 Å². The number of ether oxygens (including phenoxy) is 2. The van der Waals surface area contributed by atoms with Gasteiger partial charge in [0.25, 0.3) is 0 Å². The zero-order chi connectivity index (χ0) is 17.5. The number of amides is 1. The molecule has 1 aromatic rings. The van der Waals surface area contributed by atoms with Gasteiger partial charge in [0.2, 0.25) is 5.91 Å². The SMILES string of the molecule is COc1ccc(C(CC(=O)O)NC(=O)C2CCCCC2)cc1OC. The summed E-state index contributed by atoms with van der Waals surface area (Å²) >= 11 is 0. The molecule has 2 N–H and O–H groups in total. The van der Waals surface area contributed by atoms with Crippen LogP contribution in [0, 0.1) is 5.92 Å². The number of carbonyl (C=O) groups is 2. The second kappa shape index (κ2) is 8.57. The lowest BCUT2D eigenvalue weighted by Gasteiger charge is -2.25. The monoisotopic (exact) mass is 335 g/mol. The van der Waals surface area contributed by atoms with Gasteiger partial charge in [-0.05, 0) is 30.5 Å². The molecule has 0 spiro atoms. The molecule has 1 saturated carbocycles. The van der Waals surface area contributed by atoms with Crippen molar-refractivity contribution in [2.45, 2.75) is 44.6 Å². The van der Waals surface area contributed by atoms with Crippen LogP contribution in [-0.4, -0.2) is 31.2 Å². The molecule has 132 valence electrons. The maximum absolute atomic E-state index is 12.5. The number of methoxy groups -OCH3 is 2. The Labute approximate surface area is 142 Å². The summed E-state index contributed by atoms with van der Waals surface area (Å²) in [4.78, 5) is 23.7. The Balaban J connectivity index is 2.18. The topological polar surface area (TPSA) is 84.9 Å². The van der Waals surface area contributed by atoms with E-state index in [0.717, 1.165) is 32.1 Å². The summed E-state index contributed by atoms with van der Waals surface area (Å²) in [7, 11) is 3.06. The smallest absolute Gasteiger partial charge is 0.305 e. The molecule has 1 amide bonds. The Morgan fingerprint density at radius 1 is 1.17 bits per heavy atom.